The van der Waals surface area contributed by atoms with Gasteiger partial charge in [-0.05, 0) is 12.3 Å². The second kappa shape index (κ2) is 4.57. The highest BCUT2D eigenvalue weighted by Crippen LogP contribution is 2.16. The van der Waals surface area contributed by atoms with E-state index in [1.807, 2.05) is 5.38 Å². The molecule has 0 fully saturated rings. The molecule has 2 heterocycles. The number of nitrogens with one attached hydrogen (secondary N) is 1. The average molecular weight is 235 g/mol. The molecule has 0 spiro atoms. The lowest BCUT2D eigenvalue weighted by Gasteiger charge is -2.04. The van der Waals surface area contributed by atoms with Gasteiger partial charge in [-0.25, -0.2) is 9.97 Å². The van der Waals surface area contributed by atoms with Crippen molar-refractivity contribution in [1.29, 1.82) is 0 Å². The van der Waals surface area contributed by atoms with Gasteiger partial charge in [0.15, 0.2) is 10.8 Å². The summed E-state index contributed by atoms with van der Waals surface area (Å²) in [6, 6.07) is 1.55. The zero-order valence-electron chi connectivity index (χ0n) is 9.23. The van der Waals surface area contributed by atoms with Crippen LogP contribution in [0, 0.1) is 5.92 Å². The fourth-order valence-corrected chi connectivity index (χ4v) is 2.05. The van der Waals surface area contributed by atoms with Crippen LogP contribution in [-0.4, -0.2) is 15.0 Å². The molecule has 0 amide bonds. The average Bonchev–Trinajstić information content (AvgIpc) is 2.67. The minimum atomic E-state index is -0.115. The molecule has 0 aromatic carbocycles. The molecule has 84 valence electrons. The van der Waals surface area contributed by atoms with E-state index in [0.717, 1.165) is 17.1 Å². The number of aromatic amines is 1. The van der Waals surface area contributed by atoms with Gasteiger partial charge in [-0.1, -0.05) is 13.8 Å². The van der Waals surface area contributed by atoms with Crippen molar-refractivity contribution in [2.45, 2.75) is 20.3 Å². The van der Waals surface area contributed by atoms with E-state index in [1.54, 1.807) is 12.3 Å². The Bertz CT molecular complexity index is 516. The fourth-order valence-electron chi connectivity index (χ4n) is 1.47. The molecule has 0 bridgehead atoms. The molecule has 2 aromatic heterocycles. The molecule has 16 heavy (non-hydrogen) atoms. The summed E-state index contributed by atoms with van der Waals surface area (Å²) in [4.78, 5) is 22.7. The second-order valence-corrected chi connectivity index (χ2v) is 4.92. The number of H-pyrrole nitrogens is 1. The van der Waals surface area contributed by atoms with Crippen LogP contribution in [-0.2, 0) is 6.42 Å². The first kappa shape index (κ1) is 11.0. The van der Waals surface area contributed by atoms with Crippen molar-refractivity contribution in [2.24, 2.45) is 5.92 Å². The Morgan fingerprint density at radius 2 is 2.31 bits per heavy atom. The molecule has 0 aliphatic heterocycles. The third-order valence-electron chi connectivity index (χ3n) is 2.05. The Hall–Kier alpha value is -1.49. The number of nitrogens with zero attached hydrogens (tertiary/aromatic N) is 2. The van der Waals surface area contributed by atoms with Gasteiger partial charge in [-0.3, -0.25) is 4.79 Å². The molecule has 0 unspecified atom stereocenters. The number of aromatic nitrogens is 3. The van der Waals surface area contributed by atoms with Crippen molar-refractivity contribution in [2.75, 3.05) is 0 Å². The maximum Gasteiger partial charge on any atom is 0.251 e. The zero-order valence-corrected chi connectivity index (χ0v) is 10.0. The number of rotatable bonds is 3. The predicted octanol–water partition coefficient (Wildman–Crippen LogP) is 2.09. The molecular weight excluding hydrogens is 222 g/mol. The van der Waals surface area contributed by atoms with Crippen LogP contribution in [0.15, 0.2) is 22.4 Å². The predicted molar refractivity (Wildman–Crippen MR) is 64.5 cm³/mol. The molecule has 1 N–H and O–H groups in total. The van der Waals surface area contributed by atoms with Gasteiger partial charge < -0.3 is 4.98 Å². The monoisotopic (exact) mass is 235 g/mol. The van der Waals surface area contributed by atoms with Crippen LogP contribution < -0.4 is 5.56 Å². The van der Waals surface area contributed by atoms with Crippen LogP contribution in [0.4, 0.5) is 0 Å². The van der Waals surface area contributed by atoms with Gasteiger partial charge in [0.2, 0.25) is 0 Å². The first-order chi connectivity index (χ1) is 7.65. The summed E-state index contributed by atoms with van der Waals surface area (Å²) in [5.41, 5.74) is 0.708. The first-order valence-corrected chi connectivity index (χ1v) is 6.03. The highest BCUT2D eigenvalue weighted by molar-refractivity contribution is 7.12. The maximum atomic E-state index is 11.5. The lowest BCUT2D eigenvalue weighted by atomic mass is 10.1. The van der Waals surface area contributed by atoms with Crippen LogP contribution in [0.5, 0.6) is 0 Å². The van der Waals surface area contributed by atoms with E-state index in [-0.39, 0.29) is 5.56 Å². The Labute approximate surface area is 97.4 Å². The van der Waals surface area contributed by atoms with Gasteiger partial charge in [-0.15, -0.1) is 11.3 Å². The van der Waals surface area contributed by atoms with Crippen molar-refractivity contribution in [3.05, 3.63) is 33.7 Å². The third kappa shape index (κ3) is 2.55. The Morgan fingerprint density at radius 1 is 1.50 bits per heavy atom. The lowest BCUT2D eigenvalue weighted by Crippen LogP contribution is -2.11. The topological polar surface area (TPSA) is 58.6 Å². The highest BCUT2D eigenvalue weighted by Gasteiger charge is 2.07. The summed E-state index contributed by atoms with van der Waals surface area (Å²) < 4.78 is 0. The smallest absolute Gasteiger partial charge is 0.251 e. The molecule has 4 nitrogen and oxygen atoms in total. The lowest BCUT2D eigenvalue weighted by molar-refractivity contribution is 0.634. The maximum absolute atomic E-state index is 11.5. The minimum absolute atomic E-state index is 0.115. The molecule has 0 aliphatic carbocycles. The normalized spacial score (nSPS) is 10.9. The standard InChI is InChI=1S/C11H13N3OS/c1-7(2)5-8-6-9(15)14-10(13-8)11-12-3-4-16-11/h3-4,6-7H,5H2,1-2H3,(H,13,14,15). The largest absolute Gasteiger partial charge is 0.304 e. The summed E-state index contributed by atoms with van der Waals surface area (Å²) in [6.07, 6.45) is 2.51. The summed E-state index contributed by atoms with van der Waals surface area (Å²) in [6.45, 7) is 4.21. The molecule has 0 radical (unpaired) electrons. The van der Waals surface area contributed by atoms with Crippen LogP contribution in [0.3, 0.4) is 0 Å². The van der Waals surface area contributed by atoms with Gasteiger partial charge in [0, 0.05) is 23.3 Å². The van der Waals surface area contributed by atoms with Gasteiger partial charge >= 0.3 is 0 Å². The van der Waals surface area contributed by atoms with Gasteiger partial charge in [-0.2, -0.15) is 0 Å². The quantitative estimate of drug-likeness (QED) is 0.886. The molecule has 2 rings (SSSR count). The Balaban J connectivity index is 2.40. The second-order valence-electron chi connectivity index (χ2n) is 4.02. The summed E-state index contributed by atoms with van der Waals surface area (Å²) in [7, 11) is 0. The Kier molecular flexibility index (Phi) is 3.14. The minimum Gasteiger partial charge on any atom is -0.304 e. The molecule has 0 atom stereocenters. The fraction of sp³-hybridized carbons (Fsp3) is 0.364. The summed E-state index contributed by atoms with van der Waals surface area (Å²) >= 11 is 1.47. The van der Waals surface area contributed by atoms with E-state index in [1.165, 1.54) is 11.3 Å². The third-order valence-corrected chi connectivity index (χ3v) is 2.83. The SMILES string of the molecule is CC(C)Cc1cc(=O)[nH]c(-c2nccs2)n1. The van der Waals surface area contributed by atoms with E-state index in [2.05, 4.69) is 28.8 Å². The molecule has 0 saturated heterocycles. The molecule has 5 heteroatoms. The van der Waals surface area contributed by atoms with Gasteiger partial charge in [0.25, 0.3) is 5.56 Å². The molecule has 0 aliphatic rings. The van der Waals surface area contributed by atoms with E-state index in [4.69, 9.17) is 0 Å². The van der Waals surface area contributed by atoms with Crippen molar-refractivity contribution < 1.29 is 0 Å². The van der Waals surface area contributed by atoms with Crippen molar-refractivity contribution in [3.8, 4) is 10.8 Å². The van der Waals surface area contributed by atoms with E-state index in [0.29, 0.717) is 11.7 Å². The first-order valence-electron chi connectivity index (χ1n) is 5.15. The Morgan fingerprint density at radius 3 is 2.94 bits per heavy atom. The van der Waals surface area contributed by atoms with E-state index < -0.39 is 0 Å². The van der Waals surface area contributed by atoms with E-state index in [9.17, 15) is 4.79 Å². The van der Waals surface area contributed by atoms with Crippen molar-refractivity contribution in [1.82, 2.24) is 15.0 Å². The van der Waals surface area contributed by atoms with Crippen LogP contribution in [0.1, 0.15) is 19.5 Å². The van der Waals surface area contributed by atoms with Crippen LogP contribution in [0.2, 0.25) is 0 Å². The van der Waals surface area contributed by atoms with Crippen LogP contribution in [0.25, 0.3) is 10.8 Å². The number of thiazole rings is 1. The summed E-state index contributed by atoms with van der Waals surface area (Å²) in [5.74, 6) is 1.05. The van der Waals surface area contributed by atoms with Crippen molar-refractivity contribution >= 4 is 11.3 Å². The molecule has 2 aromatic rings. The van der Waals surface area contributed by atoms with E-state index >= 15 is 0 Å². The van der Waals surface area contributed by atoms with Gasteiger partial charge in [0.05, 0.1) is 0 Å². The molecule has 0 saturated carbocycles. The molecular formula is C11H13N3OS. The van der Waals surface area contributed by atoms with Crippen LogP contribution >= 0.6 is 11.3 Å². The number of hydrogen-bond donors (Lipinski definition) is 1. The number of hydrogen-bond acceptors (Lipinski definition) is 4. The summed E-state index contributed by atoms with van der Waals surface area (Å²) in [5, 5.41) is 2.62. The van der Waals surface area contributed by atoms with Gasteiger partial charge in [0.1, 0.15) is 0 Å². The van der Waals surface area contributed by atoms with Crippen molar-refractivity contribution in [3.63, 3.8) is 0 Å². The zero-order chi connectivity index (χ0) is 11.5. The highest BCUT2D eigenvalue weighted by atomic mass is 32.1.